The standard InChI is InChI=1S/C22H42O4Si/c1-10-11-12-14-22(23-9)15-13-21(25-26-22)20(8)16-24-27(17(2)3,18(4)5)19(6)7/h1,17-21H,11-16H2,2-9H3/t20-,21-,22-/m0/s1. The van der Waals surface area contributed by atoms with Gasteiger partial charge in [0.05, 0.1) is 6.10 Å². The van der Waals surface area contributed by atoms with Crippen molar-refractivity contribution in [2.24, 2.45) is 5.92 Å². The molecule has 1 heterocycles. The summed E-state index contributed by atoms with van der Waals surface area (Å²) in [5, 5.41) is 0. The molecule has 0 bridgehead atoms. The monoisotopic (exact) mass is 398 g/mol. The highest BCUT2D eigenvalue weighted by Crippen LogP contribution is 2.43. The van der Waals surface area contributed by atoms with E-state index in [9.17, 15) is 0 Å². The summed E-state index contributed by atoms with van der Waals surface area (Å²) in [7, 11) is -0.170. The molecule has 0 aliphatic carbocycles. The second-order valence-electron chi connectivity index (χ2n) is 9.04. The number of terminal acetylenes is 1. The summed E-state index contributed by atoms with van der Waals surface area (Å²) in [6, 6.07) is 0. The first-order valence-electron chi connectivity index (χ1n) is 10.6. The van der Waals surface area contributed by atoms with Crippen LogP contribution in [0.1, 0.15) is 80.6 Å². The minimum absolute atomic E-state index is 0.0408. The molecule has 1 aliphatic heterocycles. The van der Waals surface area contributed by atoms with Gasteiger partial charge in [0, 0.05) is 38.9 Å². The molecule has 27 heavy (non-hydrogen) atoms. The number of ether oxygens (including phenoxy) is 1. The van der Waals surface area contributed by atoms with Crippen LogP contribution in [0.3, 0.4) is 0 Å². The average molecular weight is 399 g/mol. The van der Waals surface area contributed by atoms with E-state index in [4.69, 9.17) is 25.4 Å². The molecule has 0 aromatic heterocycles. The third kappa shape index (κ3) is 6.05. The first-order chi connectivity index (χ1) is 12.6. The first-order valence-corrected chi connectivity index (χ1v) is 12.8. The highest BCUT2D eigenvalue weighted by molar-refractivity contribution is 6.77. The highest BCUT2D eigenvalue weighted by atomic mass is 28.4. The Hall–Kier alpha value is -0.383. The van der Waals surface area contributed by atoms with Crippen molar-refractivity contribution in [3.8, 4) is 12.3 Å². The number of rotatable bonds is 11. The fraction of sp³-hybridized carbons (Fsp3) is 0.909. The Bertz CT molecular complexity index is 440. The van der Waals surface area contributed by atoms with Gasteiger partial charge in [-0.3, -0.25) is 0 Å². The van der Waals surface area contributed by atoms with Crippen molar-refractivity contribution in [3.63, 3.8) is 0 Å². The molecule has 1 aliphatic rings. The van der Waals surface area contributed by atoms with Crippen molar-refractivity contribution in [1.82, 2.24) is 0 Å². The molecule has 1 rings (SSSR count). The van der Waals surface area contributed by atoms with Crippen LogP contribution in [0, 0.1) is 18.3 Å². The molecule has 0 spiro atoms. The predicted octanol–water partition coefficient (Wildman–Crippen LogP) is 6.07. The molecule has 0 saturated carbocycles. The van der Waals surface area contributed by atoms with Gasteiger partial charge < -0.3 is 9.16 Å². The topological polar surface area (TPSA) is 36.9 Å². The van der Waals surface area contributed by atoms with E-state index in [2.05, 4.69) is 54.4 Å². The van der Waals surface area contributed by atoms with E-state index < -0.39 is 14.1 Å². The maximum absolute atomic E-state index is 6.74. The summed E-state index contributed by atoms with van der Waals surface area (Å²) >= 11 is 0. The van der Waals surface area contributed by atoms with Crippen LogP contribution in [0.25, 0.3) is 0 Å². The van der Waals surface area contributed by atoms with Crippen molar-refractivity contribution >= 4 is 8.32 Å². The van der Waals surface area contributed by atoms with Crippen molar-refractivity contribution in [3.05, 3.63) is 0 Å². The highest BCUT2D eigenvalue weighted by Gasteiger charge is 2.46. The number of methoxy groups -OCH3 is 1. The van der Waals surface area contributed by atoms with Crippen LogP contribution in [0.4, 0.5) is 0 Å². The third-order valence-electron chi connectivity index (χ3n) is 6.32. The Morgan fingerprint density at radius 1 is 1.11 bits per heavy atom. The van der Waals surface area contributed by atoms with Gasteiger partial charge >= 0.3 is 0 Å². The molecule has 0 amide bonds. The van der Waals surface area contributed by atoms with Gasteiger partial charge in [-0.25, -0.2) is 9.78 Å². The molecule has 3 atom stereocenters. The number of hydrogen-bond donors (Lipinski definition) is 0. The second-order valence-corrected chi connectivity index (χ2v) is 14.5. The first kappa shape index (κ1) is 24.7. The zero-order valence-corrected chi connectivity index (χ0v) is 19.8. The predicted molar refractivity (Wildman–Crippen MR) is 114 cm³/mol. The smallest absolute Gasteiger partial charge is 0.201 e. The van der Waals surface area contributed by atoms with Crippen molar-refractivity contribution < 1.29 is 18.9 Å². The van der Waals surface area contributed by atoms with Crippen molar-refractivity contribution in [1.29, 1.82) is 0 Å². The van der Waals surface area contributed by atoms with Gasteiger partial charge in [0.2, 0.25) is 5.79 Å². The second kappa shape index (κ2) is 11.0. The van der Waals surface area contributed by atoms with Crippen LogP contribution in [0.15, 0.2) is 0 Å². The van der Waals surface area contributed by atoms with E-state index in [-0.39, 0.29) is 12.0 Å². The van der Waals surface area contributed by atoms with Crippen LogP contribution >= 0.6 is 0 Å². The van der Waals surface area contributed by atoms with E-state index in [1.165, 1.54) is 0 Å². The fourth-order valence-electron chi connectivity index (χ4n) is 4.73. The zero-order valence-electron chi connectivity index (χ0n) is 18.8. The van der Waals surface area contributed by atoms with Gasteiger partial charge in [-0.2, -0.15) is 0 Å². The summed E-state index contributed by atoms with van der Waals surface area (Å²) in [6.07, 6.45) is 9.49. The van der Waals surface area contributed by atoms with Crippen LogP contribution < -0.4 is 0 Å². The number of unbranched alkanes of at least 4 members (excludes halogenated alkanes) is 1. The lowest BCUT2D eigenvalue weighted by Gasteiger charge is -2.44. The molecule has 158 valence electrons. The molecule has 4 nitrogen and oxygen atoms in total. The van der Waals surface area contributed by atoms with E-state index >= 15 is 0 Å². The van der Waals surface area contributed by atoms with Crippen LogP contribution in [0.5, 0.6) is 0 Å². The quantitative estimate of drug-likeness (QED) is 0.183. The Kier molecular flexibility index (Phi) is 10.0. The fourth-order valence-corrected chi connectivity index (χ4v) is 10.3. The molecule has 0 aromatic rings. The Morgan fingerprint density at radius 2 is 1.70 bits per heavy atom. The van der Waals surface area contributed by atoms with E-state index in [1.807, 2.05) is 0 Å². The Labute approximate surface area is 168 Å². The molecule has 0 aromatic carbocycles. The summed E-state index contributed by atoms with van der Waals surface area (Å²) < 4.78 is 12.4. The SMILES string of the molecule is C#CCCC[C@@]1(OC)CC[C@@H]([C@@H](C)CO[Si](C(C)C)(C(C)C)C(C)C)OO1. The third-order valence-corrected chi connectivity index (χ3v) is 12.4. The molecule has 1 saturated heterocycles. The lowest BCUT2D eigenvalue weighted by atomic mass is 9.95. The molecule has 1 fully saturated rings. The normalized spacial score (nSPS) is 25.2. The maximum Gasteiger partial charge on any atom is 0.201 e. The Morgan fingerprint density at radius 3 is 2.11 bits per heavy atom. The molecule has 0 unspecified atom stereocenters. The van der Waals surface area contributed by atoms with Gasteiger partial charge in [0.25, 0.3) is 0 Å². The molecule has 5 heteroatoms. The van der Waals surface area contributed by atoms with Crippen LogP contribution in [-0.2, 0) is 18.9 Å². The minimum atomic E-state index is -1.85. The number of hydrogen-bond acceptors (Lipinski definition) is 4. The van der Waals surface area contributed by atoms with Crippen molar-refractivity contribution in [2.45, 2.75) is 109 Å². The summed E-state index contributed by atoms with van der Waals surface area (Å²) in [5.41, 5.74) is 1.77. The molecular weight excluding hydrogens is 356 g/mol. The summed E-state index contributed by atoms with van der Waals surface area (Å²) in [5.74, 6) is 2.30. The van der Waals surface area contributed by atoms with Gasteiger partial charge in [0.15, 0.2) is 8.32 Å². The van der Waals surface area contributed by atoms with Gasteiger partial charge in [-0.15, -0.1) is 12.3 Å². The van der Waals surface area contributed by atoms with Crippen molar-refractivity contribution in [2.75, 3.05) is 13.7 Å². The molecule has 0 radical (unpaired) electrons. The zero-order chi connectivity index (χ0) is 20.7. The largest absolute Gasteiger partial charge is 0.416 e. The minimum Gasteiger partial charge on any atom is -0.416 e. The van der Waals surface area contributed by atoms with Gasteiger partial charge in [0.1, 0.15) is 0 Å². The summed E-state index contributed by atoms with van der Waals surface area (Å²) in [6.45, 7) is 16.8. The van der Waals surface area contributed by atoms with E-state index in [0.29, 0.717) is 16.6 Å². The summed E-state index contributed by atoms with van der Waals surface area (Å²) in [4.78, 5) is 11.5. The maximum atomic E-state index is 6.74. The van der Waals surface area contributed by atoms with E-state index in [0.717, 1.165) is 38.7 Å². The van der Waals surface area contributed by atoms with Gasteiger partial charge in [-0.05, 0) is 29.5 Å². The average Bonchev–Trinajstić information content (AvgIpc) is 2.62. The van der Waals surface area contributed by atoms with Crippen LogP contribution in [-0.4, -0.2) is 33.9 Å². The van der Waals surface area contributed by atoms with Crippen LogP contribution in [0.2, 0.25) is 16.6 Å². The molecular formula is C22H42O4Si. The Balaban J connectivity index is 2.64. The lowest BCUT2D eigenvalue weighted by Crippen LogP contribution is -2.50. The van der Waals surface area contributed by atoms with Gasteiger partial charge in [-0.1, -0.05) is 48.5 Å². The lowest BCUT2D eigenvalue weighted by molar-refractivity contribution is -0.471. The van der Waals surface area contributed by atoms with E-state index in [1.54, 1.807) is 7.11 Å². The molecule has 0 N–H and O–H groups in total.